The molecule has 0 spiro atoms. The van der Waals surface area contributed by atoms with Crippen molar-refractivity contribution in [1.82, 2.24) is 4.90 Å². The van der Waals surface area contributed by atoms with Gasteiger partial charge in [-0.05, 0) is 38.8 Å². The van der Waals surface area contributed by atoms with Crippen molar-refractivity contribution in [3.05, 3.63) is 35.4 Å². The molecular weight excluding hydrogens is 350 g/mol. The molecule has 0 fully saturated rings. The smallest absolute Gasteiger partial charge is 0.319 e. The Morgan fingerprint density at radius 2 is 1.73 bits per heavy atom. The van der Waals surface area contributed by atoms with Crippen molar-refractivity contribution in [3.63, 3.8) is 0 Å². The molecule has 2 amide bonds. The van der Waals surface area contributed by atoms with Gasteiger partial charge in [0.15, 0.2) is 0 Å². The zero-order valence-corrected chi connectivity index (χ0v) is 14.1. The monoisotopic (exact) mass is 367 g/mol. The zero-order chi connectivity index (χ0) is 16.3. The minimum Gasteiger partial charge on any atom is -0.465 e. The molecule has 22 heavy (non-hydrogen) atoms. The van der Waals surface area contributed by atoms with E-state index in [1.54, 1.807) is 31.2 Å². The average molecular weight is 368 g/mol. The molecular formula is C16H18BrNO4. The Morgan fingerprint density at radius 3 is 2.23 bits per heavy atom. The zero-order valence-electron chi connectivity index (χ0n) is 12.5. The third-order valence-corrected chi connectivity index (χ3v) is 4.48. The molecule has 1 aromatic rings. The standard InChI is InChI=1S/C16H18BrNO4/c1-3-22-16(21)13(17)9-8-10(2)18-14(19)11-6-4-5-7-12(11)15(18)20/h4-7,10,13H,3,8-9H2,1-2H3. The fourth-order valence-corrected chi connectivity index (χ4v) is 2.87. The number of rotatable bonds is 6. The number of nitrogens with zero attached hydrogens (tertiary/aromatic N) is 1. The Bertz CT molecular complexity index is 567. The highest BCUT2D eigenvalue weighted by Gasteiger charge is 2.38. The second kappa shape index (κ2) is 7.05. The summed E-state index contributed by atoms with van der Waals surface area (Å²) in [4.78, 5) is 37.1. The summed E-state index contributed by atoms with van der Waals surface area (Å²) in [6.07, 6.45) is 1.02. The summed E-state index contributed by atoms with van der Waals surface area (Å²) in [5.74, 6) is -0.859. The number of carbonyl (C=O) groups is 3. The van der Waals surface area contributed by atoms with Crippen LogP contribution in [0.5, 0.6) is 0 Å². The van der Waals surface area contributed by atoms with E-state index in [-0.39, 0.29) is 23.8 Å². The van der Waals surface area contributed by atoms with E-state index in [9.17, 15) is 14.4 Å². The van der Waals surface area contributed by atoms with Crippen molar-refractivity contribution in [3.8, 4) is 0 Å². The summed E-state index contributed by atoms with van der Waals surface area (Å²) < 4.78 is 4.92. The second-order valence-electron chi connectivity index (χ2n) is 5.17. The summed E-state index contributed by atoms with van der Waals surface area (Å²) in [7, 11) is 0. The van der Waals surface area contributed by atoms with E-state index >= 15 is 0 Å². The van der Waals surface area contributed by atoms with Crippen LogP contribution in [0, 0.1) is 0 Å². The summed E-state index contributed by atoms with van der Waals surface area (Å²) in [5.41, 5.74) is 0.889. The maximum absolute atomic E-state index is 12.3. The van der Waals surface area contributed by atoms with E-state index < -0.39 is 4.83 Å². The minimum atomic E-state index is -0.426. The number of fused-ring (bicyclic) bond motifs is 1. The first-order valence-corrected chi connectivity index (χ1v) is 8.16. The fourth-order valence-electron chi connectivity index (χ4n) is 2.48. The Balaban J connectivity index is 2.00. The molecule has 1 aliphatic rings. The molecule has 0 aliphatic carbocycles. The Morgan fingerprint density at radius 1 is 1.18 bits per heavy atom. The highest BCUT2D eigenvalue weighted by Crippen LogP contribution is 2.26. The van der Waals surface area contributed by atoms with Crippen LogP contribution in [0.1, 0.15) is 47.4 Å². The van der Waals surface area contributed by atoms with Gasteiger partial charge >= 0.3 is 5.97 Å². The van der Waals surface area contributed by atoms with Crippen molar-refractivity contribution < 1.29 is 19.1 Å². The van der Waals surface area contributed by atoms with E-state index in [2.05, 4.69) is 15.9 Å². The highest BCUT2D eigenvalue weighted by atomic mass is 79.9. The van der Waals surface area contributed by atoms with Crippen LogP contribution in [0.2, 0.25) is 0 Å². The quantitative estimate of drug-likeness (QED) is 0.440. The maximum atomic E-state index is 12.3. The number of amides is 2. The van der Waals surface area contributed by atoms with Gasteiger partial charge in [0.25, 0.3) is 11.8 Å². The lowest BCUT2D eigenvalue weighted by Gasteiger charge is -2.23. The van der Waals surface area contributed by atoms with Gasteiger partial charge in [-0.3, -0.25) is 19.3 Å². The van der Waals surface area contributed by atoms with Gasteiger partial charge < -0.3 is 4.74 Å². The number of hydrogen-bond donors (Lipinski definition) is 0. The third-order valence-electron chi connectivity index (χ3n) is 3.65. The molecule has 0 bridgehead atoms. The Hall–Kier alpha value is -1.69. The lowest BCUT2D eigenvalue weighted by atomic mass is 10.1. The van der Waals surface area contributed by atoms with E-state index in [0.717, 1.165) is 0 Å². The number of ether oxygens (including phenoxy) is 1. The molecule has 2 unspecified atom stereocenters. The summed E-state index contributed by atoms with van der Waals surface area (Å²) in [6.45, 7) is 3.89. The number of hydrogen-bond acceptors (Lipinski definition) is 4. The highest BCUT2D eigenvalue weighted by molar-refractivity contribution is 9.10. The van der Waals surface area contributed by atoms with Gasteiger partial charge in [0.05, 0.1) is 17.7 Å². The van der Waals surface area contributed by atoms with Crippen LogP contribution in [0.25, 0.3) is 0 Å². The van der Waals surface area contributed by atoms with Gasteiger partial charge in [0.2, 0.25) is 0 Å². The largest absolute Gasteiger partial charge is 0.465 e. The summed E-state index contributed by atoms with van der Waals surface area (Å²) >= 11 is 3.28. The van der Waals surface area contributed by atoms with Crippen LogP contribution >= 0.6 is 15.9 Å². The Labute approximate surface area is 137 Å². The summed E-state index contributed by atoms with van der Waals surface area (Å²) in [6, 6.07) is 6.53. The van der Waals surface area contributed by atoms with Gasteiger partial charge in [-0.1, -0.05) is 28.1 Å². The van der Waals surface area contributed by atoms with Gasteiger partial charge in [-0.25, -0.2) is 0 Å². The molecule has 118 valence electrons. The number of carbonyl (C=O) groups excluding carboxylic acids is 3. The van der Waals surface area contributed by atoms with Crippen LogP contribution in [0.4, 0.5) is 0 Å². The predicted octanol–water partition coefficient (Wildman–Crippen LogP) is 2.78. The molecule has 0 saturated heterocycles. The van der Waals surface area contributed by atoms with E-state index in [0.29, 0.717) is 30.6 Å². The first-order valence-electron chi connectivity index (χ1n) is 7.25. The van der Waals surface area contributed by atoms with Crippen LogP contribution in [0.3, 0.4) is 0 Å². The van der Waals surface area contributed by atoms with E-state index in [1.807, 2.05) is 6.92 Å². The van der Waals surface area contributed by atoms with Crippen molar-refractivity contribution in [1.29, 1.82) is 0 Å². The third kappa shape index (κ3) is 3.21. The first kappa shape index (κ1) is 16.7. The molecule has 5 nitrogen and oxygen atoms in total. The van der Waals surface area contributed by atoms with Crippen LogP contribution in [-0.4, -0.2) is 40.2 Å². The predicted molar refractivity (Wildman–Crippen MR) is 85.0 cm³/mol. The van der Waals surface area contributed by atoms with Gasteiger partial charge in [-0.2, -0.15) is 0 Å². The maximum Gasteiger partial charge on any atom is 0.319 e. The molecule has 1 aliphatic heterocycles. The number of esters is 1. The van der Waals surface area contributed by atoms with Gasteiger partial charge in [0.1, 0.15) is 4.83 Å². The van der Waals surface area contributed by atoms with Gasteiger partial charge in [0, 0.05) is 6.04 Å². The topological polar surface area (TPSA) is 63.7 Å². The molecule has 2 atom stereocenters. The molecule has 1 heterocycles. The number of imide groups is 1. The van der Waals surface area contributed by atoms with E-state index in [4.69, 9.17) is 4.74 Å². The Kier molecular flexibility index (Phi) is 5.34. The molecule has 0 radical (unpaired) electrons. The second-order valence-corrected chi connectivity index (χ2v) is 6.28. The molecule has 0 aromatic heterocycles. The molecule has 0 N–H and O–H groups in total. The van der Waals surface area contributed by atoms with Crippen molar-refractivity contribution >= 4 is 33.7 Å². The molecule has 6 heteroatoms. The lowest BCUT2D eigenvalue weighted by molar-refractivity contribution is -0.142. The first-order chi connectivity index (χ1) is 10.5. The SMILES string of the molecule is CCOC(=O)C(Br)CCC(C)N1C(=O)c2ccccc2C1=O. The minimum absolute atomic E-state index is 0.268. The number of benzene rings is 1. The van der Waals surface area contributed by atoms with Crippen LogP contribution < -0.4 is 0 Å². The fraction of sp³-hybridized carbons (Fsp3) is 0.438. The summed E-state index contributed by atoms with van der Waals surface area (Å²) in [5, 5.41) is 0. The molecule has 1 aromatic carbocycles. The normalized spacial score (nSPS) is 16.4. The average Bonchev–Trinajstić information content (AvgIpc) is 2.77. The van der Waals surface area contributed by atoms with Crippen molar-refractivity contribution in [2.75, 3.05) is 6.61 Å². The van der Waals surface area contributed by atoms with Crippen molar-refractivity contribution in [2.45, 2.75) is 37.6 Å². The number of halogens is 1. The van der Waals surface area contributed by atoms with E-state index in [1.165, 1.54) is 4.90 Å². The number of alkyl halides is 1. The van der Waals surface area contributed by atoms with Crippen LogP contribution in [-0.2, 0) is 9.53 Å². The molecule has 2 rings (SSSR count). The van der Waals surface area contributed by atoms with Crippen LogP contribution in [0.15, 0.2) is 24.3 Å². The molecule has 0 saturated carbocycles. The lowest BCUT2D eigenvalue weighted by Crippen LogP contribution is -2.38. The van der Waals surface area contributed by atoms with Crippen molar-refractivity contribution in [2.24, 2.45) is 0 Å². The van der Waals surface area contributed by atoms with Gasteiger partial charge in [-0.15, -0.1) is 0 Å².